The van der Waals surface area contributed by atoms with Crippen LogP contribution in [0.25, 0.3) is 0 Å². The van der Waals surface area contributed by atoms with Crippen molar-refractivity contribution in [2.24, 2.45) is 0 Å². The Bertz CT molecular complexity index is 4900. The van der Waals surface area contributed by atoms with E-state index in [1.165, 1.54) is 49.4 Å². The van der Waals surface area contributed by atoms with Gasteiger partial charge in [-0.1, -0.05) is 205 Å². The third-order valence-corrected chi connectivity index (χ3v) is 19.1. The molecule has 0 aromatic heterocycles. The van der Waals surface area contributed by atoms with E-state index in [0.29, 0.717) is 0 Å². The number of anilines is 15. The second-order valence-electron chi connectivity index (χ2n) is 24.0. The second kappa shape index (κ2) is 20.2. The second-order valence-corrected chi connectivity index (χ2v) is 24.0. The number of nitrogens with zero attached hydrogens (tertiary/aromatic N) is 5. The Kier molecular flexibility index (Phi) is 11.6. The van der Waals surface area contributed by atoms with Crippen molar-refractivity contribution in [1.29, 1.82) is 0 Å². The number of rotatable bonds is 8. The fourth-order valence-electron chi connectivity index (χ4n) is 15.6. The summed E-state index contributed by atoms with van der Waals surface area (Å²) in [5.74, 6) is 1.75. The largest absolute Gasteiger partial charge is 0.459 e. The van der Waals surface area contributed by atoms with E-state index in [-0.39, 0.29) is 20.1 Å². The highest BCUT2D eigenvalue weighted by atomic mass is 16.5. The van der Waals surface area contributed by atoms with E-state index >= 15 is 0 Å². The fraction of sp³-hybridized carbons (Fsp3) is 0.0250. The van der Waals surface area contributed by atoms with Crippen LogP contribution in [0.2, 0.25) is 0 Å². The molecule has 89 heavy (non-hydrogen) atoms. The standard InChI is InChI=1S/C80H56B3N5O/c1-53-28-27-29-54(2)76(53)83-64-44-23-26-47-69(64)87(59-38-17-7-18-39-59)74-51-73-78-80(79(74)83)89-75-52-70-65(50-66(75)82(78)63-43-22-25-46-68(63)86(73)58-36-15-6-16-37-58)81-62-42-21-24-45-67(62)85(57-34-13-5-14-35-57)71-48-61(49-72(77(71)81)88(70)60-40-19-8-20-41-60)84(55-30-9-3-10-31-55)56-32-11-4-12-33-56/h3-52H,1-2H3. The zero-order valence-electron chi connectivity index (χ0n) is 49.2. The minimum absolute atomic E-state index is 0.166. The zero-order chi connectivity index (χ0) is 58.8. The van der Waals surface area contributed by atoms with E-state index in [9.17, 15) is 0 Å². The SMILES string of the molecule is Cc1cccc(C)c1B1c2ccccc2N(c2ccccc2)c2cc3c4c(c21)Oc1cc2c(cc1B4c1ccccc1N3c1ccccc1)B1c3ccccc3N(c3ccccc3)c3cc(N(c4ccccc4)c4ccccc4)cc(c31)N2c1ccccc1. The Hall–Kier alpha value is -11.1. The quantitative estimate of drug-likeness (QED) is 0.141. The number of aryl methyl sites for hydroxylation is 2. The lowest BCUT2D eigenvalue weighted by Crippen LogP contribution is -2.66. The first-order chi connectivity index (χ1) is 44.1. The van der Waals surface area contributed by atoms with E-state index in [1.807, 2.05) is 0 Å². The predicted molar refractivity (Wildman–Crippen MR) is 376 cm³/mol. The third kappa shape index (κ3) is 7.74. The summed E-state index contributed by atoms with van der Waals surface area (Å²) in [4.78, 5) is 12.4. The lowest BCUT2D eigenvalue weighted by Gasteiger charge is -2.47. The van der Waals surface area contributed by atoms with Gasteiger partial charge >= 0.3 is 0 Å². The molecule has 13 aromatic carbocycles. The van der Waals surface area contributed by atoms with Gasteiger partial charge in [0.1, 0.15) is 11.5 Å². The topological polar surface area (TPSA) is 25.4 Å². The Morgan fingerprint density at radius 1 is 0.258 bits per heavy atom. The lowest BCUT2D eigenvalue weighted by molar-refractivity contribution is 0.491. The van der Waals surface area contributed by atoms with Crippen molar-refractivity contribution in [3.05, 3.63) is 314 Å². The van der Waals surface area contributed by atoms with Gasteiger partial charge in [-0.15, -0.1) is 0 Å². The van der Waals surface area contributed by atoms with Gasteiger partial charge in [0.05, 0.1) is 5.69 Å². The smallest absolute Gasteiger partial charge is 0.256 e. The van der Waals surface area contributed by atoms with Crippen LogP contribution in [-0.4, -0.2) is 20.1 Å². The normalized spacial score (nSPS) is 13.4. The maximum Gasteiger partial charge on any atom is 0.256 e. The number of fused-ring (bicyclic) bond motifs is 11. The van der Waals surface area contributed by atoms with Crippen LogP contribution in [-0.2, 0) is 0 Å². The Morgan fingerprint density at radius 3 is 1.07 bits per heavy atom. The summed E-state index contributed by atoms with van der Waals surface area (Å²) in [5, 5.41) is 0. The van der Waals surface area contributed by atoms with E-state index in [0.717, 1.165) is 108 Å². The Labute approximate surface area is 520 Å². The molecule has 0 radical (unpaired) electrons. The van der Waals surface area contributed by atoms with Gasteiger partial charge in [-0.05, 0) is 167 Å². The van der Waals surface area contributed by atoms with Crippen molar-refractivity contribution in [3.63, 3.8) is 0 Å². The van der Waals surface area contributed by atoms with Crippen molar-refractivity contribution in [2.45, 2.75) is 13.8 Å². The van der Waals surface area contributed by atoms with Crippen molar-refractivity contribution in [1.82, 2.24) is 0 Å². The molecule has 5 heterocycles. The summed E-state index contributed by atoms with van der Waals surface area (Å²) in [6, 6.07) is 112. The molecule has 13 aromatic rings. The van der Waals surface area contributed by atoms with E-state index < -0.39 is 0 Å². The molecule has 0 bridgehead atoms. The fourth-order valence-corrected chi connectivity index (χ4v) is 15.6. The summed E-state index contributed by atoms with van der Waals surface area (Å²) >= 11 is 0. The van der Waals surface area contributed by atoms with E-state index in [1.54, 1.807) is 0 Å². The molecule has 0 amide bonds. The highest BCUT2D eigenvalue weighted by Crippen LogP contribution is 2.51. The van der Waals surface area contributed by atoms with Crippen LogP contribution >= 0.6 is 0 Å². The Morgan fingerprint density at radius 2 is 0.618 bits per heavy atom. The predicted octanol–water partition coefficient (Wildman–Crippen LogP) is 14.6. The molecule has 0 aliphatic carbocycles. The summed E-state index contributed by atoms with van der Waals surface area (Å²) in [6.45, 7) is 4.02. The summed E-state index contributed by atoms with van der Waals surface area (Å²) in [6.07, 6.45) is 0. The molecule has 0 unspecified atom stereocenters. The number of hydrogen-bond acceptors (Lipinski definition) is 6. The molecule has 5 aliphatic heterocycles. The number of para-hydroxylation sites is 9. The summed E-state index contributed by atoms with van der Waals surface area (Å²) < 4.78 is 8.22. The van der Waals surface area contributed by atoms with Gasteiger partial charge in [-0.2, -0.15) is 0 Å². The summed E-state index contributed by atoms with van der Waals surface area (Å²) in [5.41, 5.74) is 30.0. The first kappa shape index (κ1) is 51.1. The molecule has 0 saturated carbocycles. The van der Waals surface area contributed by atoms with E-state index in [2.05, 4.69) is 342 Å². The molecule has 18 rings (SSSR count). The Balaban J connectivity index is 0.959. The van der Waals surface area contributed by atoms with Gasteiger partial charge in [0.2, 0.25) is 0 Å². The van der Waals surface area contributed by atoms with Gasteiger partial charge in [0.15, 0.2) is 0 Å². The van der Waals surface area contributed by atoms with Crippen molar-refractivity contribution in [2.75, 3.05) is 24.5 Å². The maximum atomic E-state index is 8.22. The van der Waals surface area contributed by atoms with Crippen LogP contribution in [0.5, 0.6) is 11.5 Å². The van der Waals surface area contributed by atoms with Crippen molar-refractivity contribution < 1.29 is 4.74 Å². The van der Waals surface area contributed by atoms with Gasteiger partial charge in [-0.25, -0.2) is 0 Å². The molecular formula is C80H56B3N5O. The lowest BCUT2D eigenvalue weighted by atomic mass is 9.29. The van der Waals surface area contributed by atoms with Gasteiger partial charge in [0, 0.05) is 85.7 Å². The number of benzene rings is 13. The molecule has 0 spiro atoms. The van der Waals surface area contributed by atoms with Crippen LogP contribution in [0.3, 0.4) is 0 Å². The third-order valence-electron chi connectivity index (χ3n) is 19.1. The molecule has 5 aliphatic rings. The molecule has 0 fully saturated rings. The molecule has 9 heteroatoms. The highest BCUT2D eigenvalue weighted by molar-refractivity contribution is 7.04. The first-order valence-electron chi connectivity index (χ1n) is 30.9. The molecule has 0 N–H and O–H groups in total. The first-order valence-corrected chi connectivity index (χ1v) is 30.9. The average molecular weight is 1140 g/mol. The monoisotopic (exact) mass is 1140 g/mol. The number of hydrogen-bond donors (Lipinski definition) is 0. The zero-order valence-corrected chi connectivity index (χ0v) is 49.2. The van der Waals surface area contributed by atoms with Gasteiger partial charge in [-0.3, -0.25) is 0 Å². The molecule has 6 nitrogen and oxygen atoms in total. The number of ether oxygens (including phenoxy) is 1. The maximum absolute atomic E-state index is 8.22. The van der Waals surface area contributed by atoms with Crippen molar-refractivity contribution in [3.8, 4) is 11.5 Å². The van der Waals surface area contributed by atoms with Crippen LogP contribution in [0.4, 0.5) is 85.3 Å². The van der Waals surface area contributed by atoms with Gasteiger partial charge < -0.3 is 29.2 Å². The minimum atomic E-state index is -0.213. The molecule has 416 valence electrons. The van der Waals surface area contributed by atoms with E-state index in [4.69, 9.17) is 4.74 Å². The van der Waals surface area contributed by atoms with Crippen LogP contribution < -0.4 is 78.4 Å². The minimum Gasteiger partial charge on any atom is -0.459 e. The van der Waals surface area contributed by atoms with Crippen molar-refractivity contribution >= 4 is 155 Å². The average Bonchev–Trinajstić information content (AvgIpc) is 0.704. The van der Waals surface area contributed by atoms with Gasteiger partial charge in [0.25, 0.3) is 20.1 Å². The molecule has 0 atom stereocenters. The molecular weight excluding hydrogens is 1080 g/mol. The van der Waals surface area contributed by atoms with Crippen LogP contribution in [0, 0.1) is 13.8 Å². The van der Waals surface area contributed by atoms with Crippen LogP contribution in [0.1, 0.15) is 11.1 Å². The van der Waals surface area contributed by atoms with Crippen LogP contribution in [0.15, 0.2) is 303 Å². The highest BCUT2D eigenvalue weighted by Gasteiger charge is 2.51. The molecule has 0 saturated heterocycles. The summed E-state index contributed by atoms with van der Waals surface area (Å²) in [7, 11) is 0.